The zero-order chi connectivity index (χ0) is 14.2. The van der Waals surface area contributed by atoms with Crippen LogP contribution in [0.5, 0.6) is 0 Å². The lowest BCUT2D eigenvalue weighted by atomic mass is 10.0. The van der Waals surface area contributed by atoms with Gasteiger partial charge in [-0.25, -0.2) is 0 Å². The summed E-state index contributed by atoms with van der Waals surface area (Å²) >= 11 is 0. The molecule has 0 fully saturated rings. The van der Waals surface area contributed by atoms with E-state index in [-0.39, 0.29) is 5.43 Å². The zero-order valence-corrected chi connectivity index (χ0v) is 12.0. The largest absolute Gasteiger partial charge is 0.463 e. The number of hydrogen-bond donors (Lipinski definition) is 0. The molecule has 2 heterocycles. The molecule has 0 unspecified atom stereocenters. The van der Waals surface area contributed by atoms with E-state index in [1.807, 2.05) is 60.4 Å². The first-order valence-electron chi connectivity index (χ1n) is 6.69. The van der Waals surface area contributed by atoms with E-state index in [2.05, 4.69) is 0 Å². The minimum absolute atomic E-state index is 0.0375. The predicted octanol–water partition coefficient (Wildman–Crippen LogP) is 5.19. The minimum atomic E-state index is 0.0375. The van der Waals surface area contributed by atoms with Gasteiger partial charge in [0.1, 0.15) is 11.8 Å². The Balaban J connectivity index is 2.15. The minimum Gasteiger partial charge on any atom is -0.463 e. The molecule has 0 radical (unpaired) electrons. The van der Waals surface area contributed by atoms with Gasteiger partial charge < -0.3 is 4.42 Å². The van der Waals surface area contributed by atoms with Crippen molar-refractivity contribution in [1.29, 1.82) is 0 Å². The van der Waals surface area contributed by atoms with E-state index >= 15 is 0 Å². The van der Waals surface area contributed by atoms with E-state index in [1.54, 1.807) is 6.26 Å². The Morgan fingerprint density at radius 3 is 2.62 bits per heavy atom. The van der Waals surface area contributed by atoms with Crippen LogP contribution in [0.25, 0.3) is 32.6 Å². The van der Waals surface area contributed by atoms with E-state index in [1.165, 1.54) is 0 Å². The van der Waals surface area contributed by atoms with Crippen LogP contribution in [0, 0.1) is 0 Å². The van der Waals surface area contributed by atoms with Crippen LogP contribution in [0.2, 0.25) is 0 Å². The zero-order valence-electron chi connectivity index (χ0n) is 11.1. The van der Waals surface area contributed by atoms with E-state index in [0.717, 1.165) is 24.3 Å². The quantitative estimate of drug-likeness (QED) is 0.451. The third kappa shape index (κ3) is 1.96. The van der Waals surface area contributed by atoms with Gasteiger partial charge in [-0.3, -0.25) is 4.79 Å². The maximum atomic E-state index is 12.9. The Morgan fingerprint density at radius 2 is 1.76 bits per heavy atom. The Kier molecular flexibility index (Phi) is 2.83. The van der Waals surface area contributed by atoms with Crippen LogP contribution in [-0.4, -0.2) is 0 Å². The molecule has 0 saturated carbocycles. The molecule has 0 aliphatic heterocycles. The summed E-state index contributed by atoms with van der Waals surface area (Å²) in [6.07, 6.45) is 1.57. The van der Waals surface area contributed by atoms with E-state index in [0.29, 0.717) is 16.5 Å². The van der Waals surface area contributed by atoms with Crippen LogP contribution in [0.3, 0.4) is 0 Å². The summed E-state index contributed by atoms with van der Waals surface area (Å²) in [5, 5.41) is 3.63. The van der Waals surface area contributed by atoms with Crippen LogP contribution in [-0.2, 0) is 0 Å². The second-order valence-corrected chi connectivity index (χ2v) is 5.89. The van der Waals surface area contributed by atoms with Gasteiger partial charge in [-0.05, 0) is 28.7 Å². The van der Waals surface area contributed by atoms with Gasteiger partial charge in [0.25, 0.3) is 0 Å². The number of fused-ring (bicyclic) bond motifs is 3. The second-order valence-electron chi connectivity index (χ2n) is 4.85. The van der Waals surface area contributed by atoms with E-state index in [9.17, 15) is 4.79 Å². The van der Waals surface area contributed by atoms with Gasteiger partial charge in [-0.15, -0.1) is 0 Å². The van der Waals surface area contributed by atoms with Crippen molar-refractivity contribution in [3.05, 3.63) is 76.9 Å². The van der Waals surface area contributed by atoms with Gasteiger partial charge in [-0.1, -0.05) is 50.7 Å². The van der Waals surface area contributed by atoms with Crippen molar-refractivity contribution in [2.24, 2.45) is 0 Å². The summed E-state index contributed by atoms with van der Waals surface area (Å²) in [7, 11) is 1.02. The van der Waals surface area contributed by atoms with Crippen molar-refractivity contribution >= 4 is 29.9 Å². The summed E-state index contributed by atoms with van der Waals surface area (Å²) in [6, 6.07) is 17.6. The first-order chi connectivity index (χ1) is 10.3. The molecule has 2 nitrogen and oxygen atoms in total. The van der Waals surface area contributed by atoms with Gasteiger partial charge in [0.15, 0.2) is 0 Å². The van der Waals surface area contributed by atoms with E-state index in [4.69, 9.17) is 4.42 Å². The Labute approximate surface area is 122 Å². The molecule has 4 rings (SSSR count). The summed E-state index contributed by atoms with van der Waals surface area (Å²) in [6.45, 7) is 0. The molecule has 0 aliphatic rings. The molecule has 0 saturated heterocycles. The first kappa shape index (κ1) is 12.3. The van der Waals surface area contributed by atoms with Crippen LogP contribution in [0.1, 0.15) is 0 Å². The van der Waals surface area contributed by atoms with E-state index < -0.39 is 0 Å². The topological polar surface area (TPSA) is 30.2 Å². The maximum absolute atomic E-state index is 12.9. The maximum Gasteiger partial charge on any atom is 0.201 e. The van der Waals surface area contributed by atoms with Gasteiger partial charge in [0.2, 0.25) is 5.43 Å². The Bertz CT molecular complexity index is 1000. The first-order valence-corrected chi connectivity index (χ1v) is 7.65. The molecular weight excluding hydrogens is 279 g/mol. The molecule has 100 valence electrons. The van der Waals surface area contributed by atoms with Gasteiger partial charge in [0, 0.05) is 5.30 Å². The highest BCUT2D eigenvalue weighted by molar-refractivity contribution is 7.33. The third-order valence-electron chi connectivity index (χ3n) is 3.61. The summed E-state index contributed by atoms with van der Waals surface area (Å²) in [5.74, 6) is 2.02. The highest BCUT2D eigenvalue weighted by Crippen LogP contribution is 2.29. The molecule has 2 aromatic heterocycles. The molecule has 0 atom stereocenters. The van der Waals surface area contributed by atoms with Crippen LogP contribution in [0.4, 0.5) is 0 Å². The van der Waals surface area contributed by atoms with Crippen LogP contribution in [0.15, 0.2) is 75.9 Å². The van der Waals surface area contributed by atoms with Crippen LogP contribution < -0.4 is 5.43 Å². The van der Waals surface area contributed by atoms with Crippen molar-refractivity contribution < 1.29 is 4.42 Å². The lowest BCUT2D eigenvalue weighted by Crippen LogP contribution is -2.04. The fraction of sp³-hybridized carbons (Fsp3) is 0. The SMILES string of the molecule is O=c1c(-c2ccccp2)coc2ccc3ccccc3c12. The molecule has 21 heavy (non-hydrogen) atoms. The molecule has 0 N–H and O–H groups in total. The lowest BCUT2D eigenvalue weighted by molar-refractivity contribution is 0.605. The molecule has 4 aromatic rings. The summed E-state index contributed by atoms with van der Waals surface area (Å²) in [4.78, 5) is 12.9. The highest BCUT2D eigenvalue weighted by atomic mass is 31.0. The third-order valence-corrected chi connectivity index (χ3v) is 4.60. The molecule has 0 amide bonds. The average molecular weight is 290 g/mol. The monoisotopic (exact) mass is 290 g/mol. The predicted molar refractivity (Wildman–Crippen MR) is 87.9 cm³/mol. The lowest BCUT2D eigenvalue weighted by Gasteiger charge is -2.05. The standard InChI is InChI=1S/C18H11O2P/c19-18-14(16-7-3-4-10-21-16)11-20-15-9-8-12-5-1-2-6-13(12)17(15)18/h1-11H. The van der Waals surface area contributed by atoms with Crippen molar-refractivity contribution in [3.63, 3.8) is 0 Å². The Morgan fingerprint density at radius 1 is 0.905 bits per heavy atom. The molecule has 0 spiro atoms. The van der Waals surface area contributed by atoms with Crippen molar-refractivity contribution in [2.75, 3.05) is 0 Å². The fourth-order valence-electron chi connectivity index (χ4n) is 2.59. The summed E-state index contributed by atoms with van der Waals surface area (Å²) < 4.78 is 5.70. The summed E-state index contributed by atoms with van der Waals surface area (Å²) in [5.41, 5.74) is 1.31. The molecule has 0 bridgehead atoms. The van der Waals surface area contributed by atoms with Gasteiger partial charge in [0.05, 0.1) is 10.9 Å². The Hall–Kier alpha value is -2.44. The van der Waals surface area contributed by atoms with Gasteiger partial charge >= 0.3 is 0 Å². The normalized spacial score (nSPS) is 11.4. The highest BCUT2D eigenvalue weighted by Gasteiger charge is 2.11. The van der Waals surface area contributed by atoms with Crippen molar-refractivity contribution in [2.45, 2.75) is 0 Å². The second kappa shape index (κ2) is 4.83. The molecule has 2 aromatic carbocycles. The number of benzene rings is 2. The molecule has 3 heteroatoms. The number of rotatable bonds is 1. The average Bonchev–Trinajstić information content (AvgIpc) is 2.55. The number of hydrogen-bond acceptors (Lipinski definition) is 2. The van der Waals surface area contributed by atoms with Gasteiger partial charge in [-0.2, -0.15) is 0 Å². The van der Waals surface area contributed by atoms with Crippen molar-refractivity contribution in [1.82, 2.24) is 0 Å². The smallest absolute Gasteiger partial charge is 0.201 e. The molecule has 0 aliphatic carbocycles. The molecular formula is C18H11O2P. The van der Waals surface area contributed by atoms with Crippen LogP contribution >= 0.6 is 8.19 Å². The van der Waals surface area contributed by atoms with Crippen molar-refractivity contribution in [3.8, 4) is 10.9 Å². The fourth-order valence-corrected chi connectivity index (χ4v) is 3.40.